The smallest absolute Gasteiger partial charge is 0.122 e. The van der Waals surface area contributed by atoms with Crippen LogP contribution >= 0.6 is 39.1 Å². The number of nitrogens with one attached hydrogen (secondary N) is 1. The van der Waals surface area contributed by atoms with Crippen LogP contribution in [0.25, 0.3) is 0 Å². The van der Waals surface area contributed by atoms with E-state index in [0.29, 0.717) is 22.3 Å². The van der Waals surface area contributed by atoms with E-state index in [9.17, 15) is 0 Å². The Balaban J connectivity index is 2.15. The Hall–Kier alpha value is -0.640. The number of benzene rings is 1. The summed E-state index contributed by atoms with van der Waals surface area (Å²) in [5, 5.41) is 4.28. The zero-order valence-electron chi connectivity index (χ0n) is 8.14. The molecule has 84 valence electrons. The fraction of sp³-hybridized carbons (Fsp3) is 0.0909. The molecule has 1 aromatic heterocycles. The average Bonchev–Trinajstić information content (AvgIpc) is 2.68. The van der Waals surface area contributed by atoms with Gasteiger partial charge in [-0.15, -0.1) is 0 Å². The van der Waals surface area contributed by atoms with E-state index in [0.717, 1.165) is 10.2 Å². The largest absolute Gasteiger partial charge is 0.467 e. The van der Waals surface area contributed by atoms with Crippen LogP contribution in [0.1, 0.15) is 5.76 Å². The minimum absolute atomic E-state index is 0.550. The summed E-state index contributed by atoms with van der Waals surface area (Å²) < 4.78 is 6.05. The highest BCUT2D eigenvalue weighted by molar-refractivity contribution is 9.10. The van der Waals surface area contributed by atoms with Crippen molar-refractivity contribution in [2.45, 2.75) is 6.54 Å². The van der Waals surface area contributed by atoms with E-state index < -0.39 is 0 Å². The highest BCUT2D eigenvalue weighted by atomic mass is 79.9. The van der Waals surface area contributed by atoms with Crippen molar-refractivity contribution >= 4 is 44.8 Å². The van der Waals surface area contributed by atoms with Gasteiger partial charge in [0, 0.05) is 4.47 Å². The van der Waals surface area contributed by atoms with Gasteiger partial charge in [0.1, 0.15) is 5.76 Å². The molecule has 2 rings (SSSR count). The SMILES string of the molecule is Clc1cc(Br)cc(Cl)c1NCc1ccco1. The Morgan fingerprint density at radius 2 is 1.94 bits per heavy atom. The molecule has 0 spiro atoms. The summed E-state index contributed by atoms with van der Waals surface area (Å²) >= 11 is 15.5. The zero-order valence-corrected chi connectivity index (χ0v) is 11.2. The summed E-state index contributed by atoms with van der Waals surface area (Å²) in [6.07, 6.45) is 1.63. The fourth-order valence-corrected chi connectivity index (χ4v) is 2.64. The molecule has 0 saturated carbocycles. The van der Waals surface area contributed by atoms with Crippen LogP contribution < -0.4 is 5.32 Å². The Labute approximate surface area is 112 Å². The van der Waals surface area contributed by atoms with Crippen LogP contribution in [-0.2, 0) is 6.54 Å². The van der Waals surface area contributed by atoms with E-state index in [1.54, 1.807) is 18.4 Å². The van der Waals surface area contributed by atoms with Gasteiger partial charge in [-0.25, -0.2) is 0 Å². The van der Waals surface area contributed by atoms with Crippen LogP contribution in [0.3, 0.4) is 0 Å². The molecule has 0 saturated heterocycles. The third-order valence-corrected chi connectivity index (χ3v) is 3.08. The molecule has 2 aromatic rings. The molecule has 0 aliphatic carbocycles. The predicted octanol–water partition coefficient (Wildman–Crippen LogP) is 4.96. The van der Waals surface area contributed by atoms with Crippen molar-refractivity contribution in [3.63, 3.8) is 0 Å². The standard InChI is InChI=1S/C11H8BrCl2NO/c12-7-4-9(13)11(10(14)5-7)15-6-8-2-1-3-16-8/h1-5,15H,6H2. The normalized spacial score (nSPS) is 10.4. The lowest BCUT2D eigenvalue weighted by Gasteiger charge is -2.09. The second-order valence-corrected chi connectivity index (χ2v) is 4.91. The van der Waals surface area contributed by atoms with Crippen molar-refractivity contribution in [2.24, 2.45) is 0 Å². The summed E-state index contributed by atoms with van der Waals surface area (Å²) in [5.74, 6) is 0.829. The van der Waals surface area contributed by atoms with Crippen LogP contribution in [0.5, 0.6) is 0 Å². The molecular formula is C11H8BrCl2NO. The molecule has 0 unspecified atom stereocenters. The van der Waals surface area contributed by atoms with Crippen molar-refractivity contribution in [3.05, 3.63) is 50.8 Å². The molecule has 1 N–H and O–H groups in total. The summed E-state index contributed by atoms with van der Waals surface area (Å²) in [6, 6.07) is 7.30. The van der Waals surface area contributed by atoms with Gasteiger partial charge in [0.25, 0.3) is 0 Å². The maximum atomic E-state index is 6.07. The first-order valence-electron chi connectivity index (χ1n) is 4.57. The molecule has 2 nitrogen and oxygen atoms in total. The maximum absolute atomic E-state index is 6.07. The van der Waals surface area contributed by atoms with E-state index in [4.69, 9.17) is 27.6 Å². The lowest BCUT2D eigenvalue weighted by Crippen LogP contribution is -1.99. The lowest BCUT2D eigenvalue weighted by atomic mass is 10.3. The Kier molecular flexibility index (Phi) is 3.79. The molecule has 1 heterocycles. The first kappa shape index (κ1) is 11.8. The molecule has 16 heavy (non-hydrogen) atoms. The first-order chi connectivity index (χ1) is 7.66. The van der Waals surface area contributed by atoms with Crippen LogP contribution in [0.4, 0.5) is 5.69 Å². The zero-order chi connectivity index (χ0) is 11.5. The second kappa shape index (κ2) is 5.13. The molecule has 0 bridgehead atoms. The Morgan fingerprint density at radius 1 is 1.25 bits per heavy atom. The molecule has 0 aliphatic heterocycles. The maximum Gasteiger partial charge on any atom is 0.122 e. The van der Waals surface area contributed by atoms with Gasteiger partial charge in [0.15, 0.2) is 0 Å². The van der Waals surface area contributed by atoms with Gasteiger partial charge >= 0.3 is 0 Å². The number of hydrogen-bond acceptors (Lipinski definition) is 2. The molecular weight excluding hydrogens is 313 g/mol. The average molecular weight is 321 g/mol. The fourth-order valence-electron chi connectivity index (χ4n) is 1.30. The summed E-state index contributed by atoms with van der Waals surface area (Å²) in [5.41, 5.74) is 0.711. The van der Waals surface area contributed by atoms with Crippen molar-refractivity contribution < 1.29 is 4.42 Å². The molecule has 0 atom stereocenters. The van der Waals surface area contributed by atoms with Crippen LogP contribution in [-0.4, -0.2) is 0 Å². The van der Waals surface area contributed by atoms with E-state index in [1.165, 1.54) is 0 Å². The highest BCUT2D eigenvalue weighted by Crippen LogP contribution is 2.34. The molecule has 0 amide bonds. The minimum atomic E-state index is 0.550. The molecule has 0 aliphatic rings. The Bertz CT molecular complexity index is 462. The van der Waals surface area contributed by atoms with E-state index in [2.05, 4.69) is 21.2 Å². The number of furan rings is 1. The van der Waals surface area contributed by atoms with Crippen molar-refractivity contribution in [2.75, 3.05) is 5.32 Å². The summed E-state index contributed by atoms with van der Waals surface area (Å²) in [7, 11) is 0. The van der Waals surface area contributed by atoms with E-state index in [1.807, 2.05) is 12.1 Å². The van der Waals surface area contributed by atoms with Crippen LogP contribution in [0, 0.1) is 0 Å². The van der Waals surface area contributed by atoms with Gasteiger partial charge in [-0.1, -0.05) is 39.1 Å². The highest BCUT2D eigenvalue weighted by Gasteiger charge is 2.07. The molecule has 5 heteroatoms. The van der Waals surface area contributed by atoms with E-state index >= 15 is 0 Å². The van der Waals surface area contributed by atoms with Gasteiger partial charge in [-0.3, -0.25) is 0 Å². The second-order valence-electron chi connectivity index (χ2n) is 3.18. The third kappa shape index (κ3) is 2.73. The number of hydrogen-bond donors (Lipinski definition) is 1. The summed E-state index contributed by atoms with van der Waals surface area (Å²) in [6.45, 7) is 0.550. The van der Waals surface area contributed by atoms with Crippen LogP contribution in [0.2, 0.25) is 10.0 Å². The van der Waals surface area contributed by atoms with Crippen molar-refractivity contribution in [1.29, 1.82) is 0 Å². The van der Waals surface area contributed by atoms with Crippen molar-refractivity contribution in [1.82, 2.24) is 0 Å². The number of halogens is 3. The number of anilines is 1. The van der Waals surface area contributed by atoms with Crippen LogP contribution in [0.15, 0.2) is 39.4 Å². The quantitative estimate of drug-likeness (QED) is 0.864. The number of rotatable bonds is 3. The van der Waals surface area contributed by atoms with Gasteiger partial charge in [-0.2, -0.15) is 0 Å². The van der Waals surface area contributed by atoms with Gasteiger partial charge in [0.2, 0.25) is 0 Å². The molecule has 0 radical (unpaired) electrons. The predicted molar refractivity (Wildman–Crippen MR) is 70.2 cm³/mol. The summed E-state index contributed by atoms with van der Waals surface area (Å²) in [4.78, 5) is 0. The third-order valence-electron chi connectivity index (χ3n) is 2.03. The van der Waals surface area contributed by atoms with Crippen molar-refractivity contribution in [3.8, 4) is 0 Å². The van der Waals surface area contributed by atoms with Gasteiger partial charge in [-0.05, 0) is 24.3 Å². The lowest BCUT2D eigenvalue weighted by molar-refractivity contribution is 0.518. The molecule has 0 fully saturated rings. The van der Waals surface area contributed by atoms with E-state index in [-0.39, 0.29) is 0 Å². The minimum Gasteiger partial charge on any atom is -0.467 e. The van der Waals surface area contributed by atoms with Gasteiger partial charge in [0.05, 0.1) is 28.5 Å². The van der Waals surface area contributed by atoms with Gasteiger partial charge < -0.3 is 9.73 Å². The molecule has 1 aromatic carbocycles. The monoisotopic (exact) mass is 319 g/mol. The Morgan fingerprint density at radius 3 is 2.50 bits per heavy atom. The topological polar surface area (TPSA) is 25.2 Å². The first-order valence-corrected chi connectivity index (χ1v) is 6.12.